The Bertz CT molecular complexity index is 1770. The number of H-pyrrole nitrogens is 1. The van der Waals surface area contributed by atoms with E-state index in [1.165, 1.54) is 16.6 Å². The molecule has 0 radical (unpaired) electrons. The molecule has 3 aliphatic heterocycles. The number of nitrogens with zero attached hydrogens (tertiary/aromatic N) is 1. The first-order valence-corrected chi connectivity index (χ1v) is 12.9. The van der Waals surface area contributed by atoms with E-state index in [2.05, 4.69) is 56.6 Å². The maximum absolute atomic E-state index is 13.1. The van der Waals surface area contributed by atoms with Crippen LogP contribution >= 0.6 is 0 Å². The van der Waals surface area contributed by atoms with Crippen molar-refractivity contribution in [1.29, 1.82) is 0 Å². The van der Waals surface area contributed by atoms with Crippen LogP contribution in [0.5, 0.6) is 0 Å². The third-order valence-corrected chi connectivity index (χ3v) is 8.25. The van der Waals surface area contributed by atoms with Gasteiger partial charge >= 0.3 is 0 Å². The van der Waals surface area contributed by atoms with E-state index in [9.17, 15) is 9.59 Å². The number of hydrogen-bond acceptors (Lipinski definition) is 4. The lowest BCUT2D eigenvalue weighted by molar-refractivity contribution is 0.0880. The van der Waals surface area contributed by atoms with Gasteiger partial charge in [0, 0.05) is 53.3 Å². The second-order valence-corrected chi connectivity index (χ2v) is 10.3. The minimum Gasteiger partial charge on any atom is -0.377 e. The smallest absolute Gasteiger partial charge is 0.259 e. The summed E-state index contributed by atoms with van der Waals surface area (Å²) in [6.45, 7) is 3.36. The molecule has 7 nitrogen and oxygen atoms in total. The van der Waals surface area contributed by atoms with E-state index >= 15 is 0 Å². The Balaban J connectivity index is 1.38. The number of aromatic nitrogens is 2. The highest BCUT2D eigenvalue weighted by atomic mass is 16.5. The monoisotopic (exact) mass is 478 g/mol. The summed E-state index contributed by atoms with van der Waals surface area (Å²) in [7, 11) is 0. The third-order valence-electron chi connectivity index (χ3n) is 8.25. The Morgan fingerprint density at radius 3 is 2.75 bits per heavy atom. The summed E-state index contributed by atoms with van der Waals surface area (Å²) in [4.78, 5) is 29.9. The molecule has 2 aromatic heterocycles. The van der Waals surface area contributed by atoms with Gasteiger partial charge < -0.3 is 19.6 Å². The fourth-order valence-corrected chi connectivity index (χ4v) is 6.76. The van der Waals surface area contributed by atoms with Crippen molar-refractivity contribution in [3.63, 3.8) is 0 Å². The van der Waals surface area contributed by atoms with Gasteiger partial charge in [-0.1, -0.05) is 30.3 Å². The van der Waals surface area contributed by atoms with Crippen LogP contribution in [-0.2, 0) is 24.2 Å². The highest BCUT2D eigenvalue weighted by molar-refractivity contribution is 6.39. The predicted octanol–water partition coefficient (Wildman–Crippen LogP) is 4.53. The van der Waals surface area contributed by atoms with Crippen LogP contribution < -0.4 is 10.6 Å². The largest absolute Gasteiger partial charge is 0.377 e. The number of aromatic amines is 1. The van der Waals surface area contributed by atoms with E-state index in [1.54, 1.807) is 0 Å². The first kappa shape index (κ1) is 20.5. The number of rotatable bonds is 4. The van der Waals surface area contributed by atoms with Crippen molar-refractivity contribution >= 4 is 55.4 Å². The van der Waals surface area contributed by atoms with E-state index in [4.69, 9.17) is 4.74 Å². The summed E-state index contributed by atoms with van der Waals surface area (Å²) < 4.78 is 8.09. The van der Waals surface area contributed by atoms with Gasteiger partial charge in [-0.3, -0.25) is 14.9 Å². The number of aryl methyl sites for hydroxylation is 2. The average molecular weight is 479 g/mol. The van der Waals surface area contributed by atoms with Crippen LogP contribution in [0.2, 0.25) is 0 Å². The number of amides is 2. The van der Waals surface area contributed by atoms with Gasteiger partial charge in [0.2, 0.25) is 0 Å². The van der Waals surface area contributed by atoms with E-state index in [0.29, 0.717) is 17.2 Å². The van der Waals surface area contributed by atoms with Gasteiger partial charge in [-0.2, -0.15) is 0 Å². The number of carbonyl (C=O) groups is 2. The second-order valence-electron chi connectivity index (χ2n) is 10.3. The van der Waals surface area contributed by atoms with E-state index in [-0.39, 0.29) is 11.8 Å². The Morgan fingerprint density at radius 2 is 1.89 bits per heavy atom. The van der Waals surface area contributed by atoms with Gasteiger partial charge in [0.05, 0.1) is 33.8 Å². The lowest BCUT2D eigenvalue weighted by atomic mass is 9.96. The molecule has 180 valence electrons. The molecule has 5 aromatic rings. The van der Waals surface area contributed by atoms with Crippen LogP contribution in [0.15, 0.2) is 36.4 Å². The van der Waals surface area contributed by atoms with E-state index < -0.39 is 0 Å². The van der Waals surface area contributed by atoms with Crippen molar-refractivity contribution < 1.29 is 14.3 Å². The van der Waals surface area contributed by atoms with Crippen molar-refractivity contribution in [3.8, 4) is 0 Å². The Kier molecular flexibility index (Phi) is 4.22. The first-order valence-electron chi connectivity index (χ1n) is 12.9. The maximum Gasteiger partial charge on any atom is 0.259 e. The molecule has 3 aromatic carbocycles. The van der Waals surface area contributed by atoms with Crippen molar-refractivity contribution in [2.45, 2.75) is 44.9 Å². The normalized spacial score (nSPS) is 19.3. The zero-order valence-corrected chi connectivity index (χ0v) is 19.9. The second kappa shape index (κ2) is 7.41. The molecule has 0 saturated carbocycles. The molecule has 0 spiro atoms. The van der Waals surface area contributed by atoms with E-state index in [1.807, 2.05) is 0 Å². The molecule has 8 rings (SSSR count). The number of para-hydroxylation sites is 1. The lowest BCUT2D eigenvalue weighted by Crippen LogP contribution is -2.25. The zero-order chi connectivity index (χ0) is 24.0. The predicted molar refractivity (Wildman–Crippen MR) is 140 cm³/mol. The molecule has 1 fully saturated rings. The Hall–Kier alpha value is -3.68. The SMILES string of the molecule is O=C1NC(=O)c2c1c1c3ccc(CNCC4CCCO4)cc3[nH]c1c1c2c2cccc3c2n1CCC3. The standard InChI is InChI=1S/C29H26N4O3/c34-28-23-21-18-9-8-15(13-30-14-17-6-3-11-36-17)12-20(18)31-25(21)27-22(24(23)29(35)32-28)19-7-1-4-16-5-2-10-33(27)26(16)19/h1,4,7-9,12,17,30-31H,2-3,5-6,10-11,13-14H2,(H,32,34,35). The van der Waals surface area contributed by atoms with Gasteiger partial charge in [0.25, 0.3) is 11.8 Å². The van der Waals surface area contributed by atoms with E-state index in [0.717, 1.165) is 90.0 Å². The first-order chi connectivity index (χ1) is 17.7. The maximum atomic E-state index is 13.1. The minimum absolute atomic E-state index is 0.296. The molecule has 36 heavy (non-hydrogen) atoms. The number of fused-ring (bicyclic) bond motifs is 10. The van der Waals surface area contributed by atoms with Crippen molar-refractivity contribution in [2.24, 2.45) is 0 Å². The number of imide groups is 1. The van der Waals surface area contributed by atoms with Crippen molar-refractivity contribution in [2.75, 3.05) is 13.2 Å². The summed E-state index contributed by atoms with van der Waals surface area (Å²) in [5.74, 6) is -0.605. The molecule has 1 saturated heterocycles. The van der Waals surface area contributed by atoms with Crippen LogP contribution in [0.25, 0.3) is 43.6 Å². The summed E-state index contributed by atoms with van der Waals surface area (Å²) in [6, 6.07) is 12.7. The zero-order valence-electron chi connectivity index (χ0n) is 19.9. The average Bonchev–Trinajstić information content (AvgIpc) is 3.65. The summed E-state index contributed by atoms with van der Waals surface area (Å²) in [5.41, 5.74) is 7.65. The number of ether oxygens (including phenoxy) is 1. The molecule has 3 N–H and O–H groups in total. The molecule has 0 aliphatic carbocycles. The third kappa shape index (κ3) is 2.70. The number of hydrogen-bond donors (Lipinski definition) is 3. The van der Waals surface area contributed by atoms with Crippen LogP contribution in [0.3, 0.4) is 0 Å². The molecular weight excluding hydrogens is 452 g/mol. The quantitative estimate of drug-likeness (QED) is 0.331. The molecule has 1 unspecified atom stereocenters. The van der Waals surface area contributed by atoms with Gasteiger partial charge in [-0.15, -0.1) is 0 Å². The highest BCUT2D eigenvalue weighted by Crippen LogP contribution is 2.45. The molecule has 5 heterocycles. The van der Waals surface area contributed by atoms with Crippen LogP contribution in [0.4, 0.5) is 0 Å². The van der Waals surface area contributed by atoms with Gasteiger partial charge in [0.15, 0.2) is 0 Å². The van der Waals surface area contributed by atoms with Gasteiger partial charge in [-0.05, 0) is 42.9 Å². The van der Waals surface area contributed by atoms with Crippen LogP contribution in [0.1, 0.15) is 51.1 Å². The fourth-order valence-electron chi connectivity index (χ4n) is 6.76. The number of carbonyl (C=O) groups excluding carboxylic acids is 2. The minimum atomic E-state index is -0.308. The molecule has 1 atom stereocenters. The summed E-state index contributed by atoms with van der Waals surface area (Å²) >= 11 is 0. The summed E-state index contributed by atoms with van der Waals surface area (Å²) in [6.07, 6.45) is 4.64. The van der Waals surface area contributed by atoms with Crippen LogP contribution in [-0.4, -0.2) is 40.6 Å². The molecule has 2 amide bonds. The molecule has 7 heteroatoms. The molecular formula is C29H26N4O3. The number of benzene rings is 3. The van der Waals surface area contributed by atoms with Crippen LogP contribution in [0, 0.1) is 0 Å². The Labute approximate surface area is 206 Å². The van der Waals surface area contributed by atoms with Crippen molar-refractivity contribution in [3.05, 3.63) is 58.7 Å². The molecule has 0 bridgehead atoms. The summed E-state index contributed by atoms with van der Waals surface area (Å²) in [5, 5.41) is 9.89. The van der Waals surface area contributed by atoms with Gasteiger partial charge in [0.1, 0.15) is 0 Å². The fraction of sp³-hybridized carbons (Fsp3) is 0.310. The highest BCUT2D eigenvalue weighted by Gasteiger charge is 2.36. The van der Waals surface area contributed by atoms with Crippen molar-refractivity contribution in [1.82, 2.24) is 20.2 Å². The topological polar surface area (TPSA) is 88.2 Å². The Morgan fingerprint density at radius 1 is 1.00 bits per heavy atom. The number of nitrogens with one attached hydrogen (secondary N) is 3. The van der Waals surface area contributed by atoms with Gasteiger partial charge in [-0.25, -0.2) is 0 Å². The lowest BCUT2D eigenvalue weighted by Gasteiger charge is -2.16. The molecule has 3 aliphatic rings.